The van der Waals surface area contributed by atoms with E-state index in [-0.39, 0.29) is 12.5 Å². The number of rotatable bonds is 7. The van der Waals surface area contributed by atoms with Crippen LogP contribution in [0.15, 0.2) is 42.7 Å². The van der Waals surface area contributed by atoms with Crippen molar-refractivity contribution in [2.24, 2.45) is 0 Å². The zero-order chi connectivity index (χ0) is 19.1. The van der Waals surface area contributed by atoms with Gasteiger partial charge in [0.2, 0.25) is 0 Å². The van der Waals surface area contributed by atoms with Crippen molar-refractivity contribution in [1.82, 2.24) is 14.8 Å². The van der Waals surface area contributed by atoms with Crippen LogP contribution in [0.2, 0.25) is 0 Å². The van der Waals surface area contributed by atoms with Crippen LogP contribution in [0.25, 0.3) is 0 Å². The van der Waals surface area contributed by atoms with Crippen molar-refractivity contribution in [2.45, 2.75) is 6.54 Å². The molecule has 1 fully saturated rings. The van der Waals surface area contributed by atoms with Crippen molar-refractivity contribution >= 4 is 12.2 Å². The number of benzene rings is 1. The van der Waals surface area contributed by atoms with E-state index in [1.54, 1.807) is 30.6 Å². The number of hydrogen-bond donors (Lipinski definition) is 0. The zero-order valence-electron chi connectivity index (χ0n) is 15.3. The first-order valence-electron chi connectivity index (χ1n) is 8.84. The molecule has 1 saturated heterocycles. The fourth-order valence-electron chi connectivity index (χ4n) is 3.01. The van der Waals surface area contributed by atoms with Gasteiger partial charge in [-0.15, -0.1) is 0 Å². The van der Waals surface area contributed by atoms with Gasteiger partial charge in [-0.1, -0.05) is 0 Å². The molecule has 142 valence electrons. The number of methoxy groups -OCH3 is 1. The van der Waals surface area contributed by atoms with Crippen molar-refractivity contribution in [1.29, 1.82) is 0 Å². The lowest BCUT2D eigenvalue weighted by Gasteiger charge is -2.34. The van der Waals surface area contributed by atoms with Crippen LogP contribution in [0.1, 0.15) is 15.9 Å². The molecule has 7 nitrogen and oxygen atoms in total. The molecular formula is C20H23N3O4. The van der Waals surface area contributed by atoms with Crippen molar-refractivity contribution in [3.63, 3.8) is 0 Å². The Morgan fingerprint density at radius 2 is 1.85 bits per heavy atom. The van der Waals surface area contributed by atoms with Crippen LogP contribution in [-0.2, 0) is 11.3 Å². The molecule has 0 unspecified atom stereocenters. The minimum Gasteiger partial charge on any atom is -0.493 e. The summed E-state index contributed by atoms with van der Waals surface area (Å²) in [5.74, 6) is 0.836. The SMILES string of the molecule is COc1cc(C=O)ccc1OCC(=O)N1CCN(Cc2ccncc2)CC1. The highest BCUT2D eigenvalue weighted by molar-refractivity contribution is 5.78. The molecule has 0 atom stereocenters. The molecule has 0 N–H and O–H groups in total. The molecule has 1 amide bonds. The van der Waals surface area contributed by atoms with E-state index in [4.69, 9.17) is 9.47 Å². The summed E-state index contributed by atoms with van der Waals surface area (Å²) in [6, 6.07) is 8.88. The number of aldehydes is 1. The average Bonchev–Trinajstić information content (AvgIpc) is 2.73. The fraction of sp³-hybridized carbons (Fsp3) is 0.350. The lowest BCUT2D eigenvalue weighted by molar-refractivity contribution is -0.135. The predicted octanol–water partition coefficient (Wildman–Crippen LogP) is 1.63. The molecule has 0 aliphatic carbocycles. The van der Waals surface area contributed by atoms with Gasteiger partial charge < -0.3 is 14.4 Å². The summed E-state index contributed by atoms with van der Waals surface area (Å²) in [6.45, 7) is 3.81. The quantitative estimate of drug-likeness (QED) is 0.691. The van der Waals surface area contributed by atoms with Gasteiger partial charge in [-0.3, -0.25) is 19.5 Å². The summed E-state index contributed by atoms with van der Waals surface area (Å²) < 4.78 is 10.8. The molecule has 1 aliphatic heterocycles. The second-order valence-corrected chi connectivity index (χ2v) is 6.33. The van der Waals surface area contributed by atoms with E-state index in [9.17, 15) is 9.59 Å². The van der Waals surface area contributed by atoms with Crippen LogP contribution in [0.5, 0.6) is 11.5 Å². The Morgan fingerprint density at radius 1 is 1.11 bits per heavy atom. The Morgan fingerprint density at radius 3 is 2.52 bits per heavy atom. The first-order chi connectivity index (χ1) is 13.2. The maximum atomic E-state index is 12.4. The molecule has 1 aliphatic rings. The normalized spacial score (nSPS) is 14.6. The molecule has 3 rings (SSSR count). The van der Waals surface area contributed by atoms with E-state index >= 15 is 0 Å². The number of piperazine rings is 1. The standard InChI is InChI=1S/C20H23N3O4/c1-26-19-12-17(14-24)2-3-18(19)27-15-20(25)23-10-8-22(9-11-23)13-16-4-6-21-7-5-16/h2-7,12,14H,8-11,13,15H2,1H3. The van der Waals surface area contributed by atoms with Gasteiger partial charge in [0, 0.05) is 50.7 Å². The average molecular weight is 369 g/mol. The minimum absolute atomic E-state index is 0.0544. The van der Waals surface area contributed by atoms with Gasteiger partial charge in [-0.05, 0) is 35.9 Å². The summed E-state index contributed by atoms with van der Waals surface area (Å²) in [7, 11) is 1.50. The zero-order valence-corrected chi connectivity index (χ0v) is 15.3. The van der Waals surface area contributed by atoms with E-state index in [0.717, 1.165) is 25.9 Å². The van der Waals surface area contributed by atoms with Gasteiger partial charge >= 0.3 is 0 Å². The van der Waals surface area contributed by atoms with Crippen LogP contribution in [0.4, 0.5) is 0 Å². The molecule has 0 saturated carbocycles. The number of ether oxygens (including phenoxy) is 2. The molecule has 2 aromatic rings. The summed E-state index contributed by atoms with van der Waals surface area (Å²) in [5, 5.41) is 0. The van der Waals surface area contributed by atoms with Crippen LogP contribution < -0.4 is 9.47 Å². The Hall–Kier alpha value is -2.93. The molecular weight excluding hydrogens is 346 g/mol. The van der Waals surface area contributed by atoms with Gasteiger partial charge in [0.05, 0.1) is 7.11 Å². The molecule has 0 radical (unpaired) electrons. The first kappa shape index (κ1) is 18.8. The van der Waals surface area contributed by atoms with Crippen LogP contribution in [-0.4, -0.2) is 66.9 Å². The van der Waals surface area contributed by atoms with Crippen LogP contribution in [0.3, 0.4) is 0 Å². The Bertz CT molecular complexity index is 774. The first-order valence-corrected chi connectivity index (χ1v) is 8.84. The van der Waals surface area contributed by atoms with E-state index in [2.05, 4.69) is 9.88 Å². The second-order valence-electron chi connectivity index (χ2n) is 6.33. The number of amides is 1. The third kappa shape index (κ3) is 5.04. The monoisotopic (exact) mass is 369 g/mol. The highest BCUT2D eigenvalue weighted by Gasteiger charge is 2.21. The second kappa shape index (κ2) is 9.14. The maximum absolute atomic E-state index is 12.4. The Kier molecular flexibility index (Phi) is 6.38. The molecule has 1 aromatic heterocycles. The molecule has 2 heterocycles. The lowest BCUT2D eigenvalue weighted by Crippen LogP contribution is -2.49. The maximum Gasteiger partial charge on any atom is 0.260 e. The Labute approximate surface area is 158 Å². The highest BCUT2D eigenvalue weighted by atomic mass is 16.5. The van der Waals surface area contributed by atoms with Crippen LogP contribution >= 0.6 is 0 Å². The molecule has 7 heteroatoms. The molecule has 0 spiro atoms. The molecule has 27 heavy (non-hydrogen) atoms. The summed E-state index contributed by atoms with van der Waals surface area (Å²) in [6.07, 6.45) is 4.33. The van der Waals surface area contributed by atoms with E-state index in [1.807, 2.05) is 17.0 Å². The number of carbonyl (C=O) groups excluding carboxylic acids is 2. The fourth-order valence-corrected chi connectivity index (χ4v) is 3.01. The highest BCUT2D eigenvalue weighted by Crippen LogP contribution is 2.27. The third-order valence-corrected chi connectivity index (χ3v) is 4.56. The number of hydrogen-bond acceptors (Lipinski definition) is 6. The summed E-state index contributed by atoms with van der Waals surface area (Å²) in [5.41, 5.74) is 1.72. The number of pyridine rings is 1. The van der Waals surface area contributed by atoms with E-state index < -0.39 is 0 Å². The van der Waals surface area contributed by atoms with Crippen molar-refractivity contribution < 1.29 is 19.1 Å². The lowest BCUT2D eigenvalue weighted by atomic mass is 10.2. The van der Waals surface area contributed by atoms with Gasteiger partial charge in [-0.2, -0.15) is 0 Å². The van der Waals surface area contributed by atoms with Gasteiger partial charge in [0.15, 0.2) is 18.1 Å². The van der Waals surface area contributed by atoms with Crippen molar-refractivity contribution in [3.8, 4) is 11.5 Å². The van der Waals surface area contributed by atoms with E-state index in [0.29, 0.717) is 30.2 Å². The number of carbonyl (C=O) groups is 2. The van der Waals surface area contributed by atoms with Crippen molar-refractivity contribution in [2.75, 3.05) is 39.9 Å². The number of nitrogens with zero attached hydrogens (tertiary/aromatic N) is 3. The topological polar surface area (TPSA) is 72.0 Å². The minimum atomic E-state index is -0.0555. The van der Waals surface area contributed by atoms with Gasteiger partial charge in [0.25, 0.3) is 5.91 Å². The van der Waals surface area contributed by atoms with Gasteiger partial charge in [-0.25, -0.2) is 0 Å². The van der Waals surface area contributed by atoms with E-state index in [1.165, 1.54) is 12.7 Å². The summed E-state index contributed by atoms with van der Waals surface area (Å²) >= 11 is 0. The Balaban J connectivity index is 1.48. The largest absolute Gasteiger partial charge is 0.493 e. The smallest absolute Gasteiger partial charge is 0.260 e. The van der Waals surface area contributed by atoms with Gasteiger partial charge in [0.1, 0.15) is 6.29 Å². The predicted molar refractivity (Wildman–Crippen MR) is 100.0 cm³/mol. The molecule has 0 bridgehead atoms. The molecule has 1 aromatic carbocycles. The summed E-state index contributed by atoms with van der Waals surface area (Å²) in [4.78, 5) is 31.4. The number of aromatic nitrogens is 1. The third-order valence-electron chi connectivity index (χ3n) is 4.56. The van der Waals surface area contributed by atoms with Crippen LogP contribution in [0, 0.1) is 0 Å². The van der Waals surface area contributed by atoms with Crippen molar-refractivity contribution in [3.05, 3.63) is 53.9 Å².